The number of carbonyl (C=O) groups excluding carboxylic acids is 1. The van der Waals surface area contributed by atoms with Crippen molar-refractivity contribution in [2.75, 3.05) is 5.32 Å². The number of carbonyl (C=O) groups is 1. The number of hydrogen-bond donors (Lipinski definition) is 1. The summed E-state index contributed by atoms with van der Waals surface area (Å²) in [7, 11) is 0. The Bertz CT molecular complexity index is 1330. The van der Waals surface area contributed by atoms with Gasteiger partial charge in [0.15, 0.2) is 11.6 Å². The summed E-state index contributed by atoms with van der Waals surface area (Å²) in [5.74, 6) is -2.19. The number of hydrogen-bond acceptors (Lipinski definition) is 3. The zero-order chi connectivity index (χ0) is 24.2. The van der Waals surface area contributed by atoms with E-state index in [0.717, 1.165) is 23.4 Å². The lowest BCUT2D eigenvalue weighted by Gasteiger charge is -2.10. The van der Waals surface area contributed by atoms with Gasteiger partial charge in [-0.05, 0) is 61.4 Å². The van der Waals surface area contributed by atoms with E-state index in [0.29, 0.717) is 29.1 Å². The molecule has 0 atom stereocenters. The molecule has 3 aromatic carbocycles. The van der Waals surface area contributed by atoms with Crippen LogP contribution in [0.5, 0.6) is 5.75 Å². The maximum absolute atomic E-state index is 13.8. The van der Waals surface area contributed by atoms with E-state index in [1.807, 2.05) is 6.92 Å². The zero-order valence-corrected chi connectivity index (χ0v) is 18.6. The van der Waals surface area contributed by atoms with E-state index in [1.165, 1.54) is 18.2 Å². The van der Waals surface area contributed by atoms with Gasteiger partial charge in [0.1, 0.15) is 18.2 Å². The maximum Gasteiger partial charge on any atom is 0.255 e. The number of aromatic nitrogens is 2. The van der Waals surface area contributed by atoms with E-state index in [1.54, 1.807) is 48.0 Å². The third-order valence-corrected chi connectivity index (χ3v) is 5.34. The van der Waals surface area contributed by atoms with Crippen LogP contribution in [0, 0.1) is 31.3 Å². The lowest BCUT2D eigenvalue weighted by Crippen LogP contribution is -2.14. The Hall–Kier alpha value is -4.07. The Balaban J connectivity index is 1.45. The molecule has 0 bridgehead atoms. The van der Waals surface area contributed by atoms with Crippen LogP contribution >= 0.6 is 0 Å². The summed E-state index contributed by atoms with van der Waals surface area (Å²) < 4.78 is 47.2. The summed E-state index contributed by atoms with van der Waals surface area (Å²) in [5.41, 5.74) is 3.94. The normalized spacial score (nSPS) is 10.9. The van der Waals surface area contributed by atoms with Gasteiger partial charge < -0.3 is 10.1 Å². The standard InChI is InChI=1S/C26H22F3N3O2/c1-16-25(17(2)32(31-16)14-18-6-8-21(27)9-7-18)30-26(33)20-5-3-4-19(12-20)15-34-24-11-10-22(28)13-23(24)29/h3-13H,14-15H2,1-2H3,(H,30,33). The van der Waals surface area contributed by atoms with Crippen LogP contribution in [0.3, 0.4) is 0 Å². The average Bonchev–Trinajstić information content (AvgIpc) is 3.07. The summed E-state index contributed by atoms with van der Waals surface area (Å²) in [6, 6.07) is 16.0. The van der Waals surface area contributed by atoms with Crippen LogP contribution in [0.1, 0.15) is 32.9 Å². The second-order valence-corrected chi connectivity index (χ2v) is 7.85. The van der Waals surface area contributed by atoms with Gasteiger partial charge in [-0.2, -0.15) is 5.10 Å². The molecular formula is C26H22F3N3O2. The molecule has 174 valence electrons. The minimum Gasteiger partial charge on any atom is -0.486 e. The van der Waals surface area contributed by atoms with Crippen LogP contribution in [0.4, 0.5) is 18.9 Å². The Morgan fingerprint density at radius 3 is 2.41 bits per heavy atom. The first-order valence-corrected chi connectivity index (χ1v) is 10.6. The fraction of sp³-hybridized carbons (Fsp3) is 0.154. The van der Waals surface area contributed by atoms with E-state index < -0.39 is 11.6 Å². The molecule has 8 heteroatoms. The molecule has 0 saturated heterocycles. The van der Waals surface area contributed by atoms with Gasteiger partial charge in [-0.15, -0.1) is 0 Å². The van der Waals surface area contributed by atoms with E-state index in [-0.39, 0.29) is 24.1 Å². The lowest BCUT2D eigenvalue weighted by atomic mass is 10.1. The van der Waals surface area contributed by atoms with E-state index in [9.17, 15) is 18.0 Å². The lowest BCUT2D eigenvalue weighted by molar-refractivity contribution is 0.102. The highest BCUT2D eigenvalue weighted by atomic mass is 19.1. The van der Waals surface area contributed by atoms with Gasteiger partial charge in [0.25, 0.3) is 5.91 Å². The first kappa shape index (κ1) is 23.1. The number of nitrogens with zero attached hydrogens (tertiary/aromatic N) is 2. The van der Waals surface area contributed by atoms with Gasteiger partial charge in [-0.1, -0.05) is 24.3 Å². The van der Waals surface area contributed by atoms with E-state index in [4.69, 9.17) is 4.74 Å². The van der Waals surface area contributed by atoms with Crippen LogP contribution in [0.25, 0.3) is 0 Å². The largest absolute Gasteiger partial charge is 0.486 e. The molecule has 5 nitrogen and oxygen atoms in total. The molecule has 1 heterocycles. The molecule has 0 aliphatic heterocycles. The number of nitrogens with one attached hydrogen (secondary N) is 1. The number of ether oxygens (including phenoxy) is 1. The molecule has 0 aliphatic carbocycles. The average molecular weight is 465 g/mol. The quantitative estimate of drug-likeness (QED) is 0.376. The molecule has 0 unspecified atom stereocenters. The molecule has 0 fully saturated rings. The molecular weight excluding hydrogens is 443 g/mol. The van der Waals surface area contributed by atoms with Crippen molar-refractivity contribution in [3.8, 4) is 5.75 Å². The van der Waals surface area contributed by atoms with Crippen molar-refractivity contribution < 1.29 is 22.7 Å². The van der Waals surface area contributed by atoms with Crippen molar-refractivity contribution in [1.29, 1.82) is 0 Å². The Morgan fingerprint density at radius 2 is 1.68 bits per heavy atom. The fourth-order valence-corrected chi connectivity index (χ4v) is 3.54. The molecule has 4 aromatic rings. The first-order chi connectivity index (χ1) is 16.3. The third-order valence-electron chi connectivity index (χ3n) is 5.34. The highest BCUT2D eigenvalue weighted by Gasteiger charge is 2.16. The molecule has 34 heavy (non-hydrogen) atoms. The second-order valence-electron chi connectivity index (χ2n) is 7.85. The van der Waals surface area contributed by atoms with Crippen molar-refractivity contribution >= 4 is 11.6 Å². The van der Waals surface area contributed by atoms with Crippen molar-refractivity contribution in [1.82, 2.24) is 9.78 Å². The van der Waals surface area contributed by atoms with E-state index >= 15 is 0 Å². The number of amides is 1. The van der Waals surface area contributed by atoms with Crippen molar-refractivity contribution in [2.24, 2.45) is 0 Å². The van der Waals surface area contributed by atoms with Crippen LogP contribution in [0.2, 0.25) is 0 Å². The van der Waals surface area contributed by atoms with E-state index in [2.05, 4.69) is 10.4 Å². The van der Waals surface area contributed by atoms with Gasteiger partial charge in [-0.25, -0.2) is 13.2 Å². The third kappa shape index (κ3) is 5.28. The van der Waals surface area contributed by atoms with Gasteiger partial charge in [0.2, 0.25) is 0 Å². The molecule has 4 rings (SSSR count). The maximum atomic E-state index is 13.8. The summed E-state index contributed by atoms with van der Waals surface area (Å²) in [5, 5.41) is 7.40. The van der Waals surface area contributed by atoms with Crippen LogP contribution in [-0.2, 0) is 13.2 Å². The molecule has 1 amide bonds. The predicted molar refractivity (Wildman–Crippen MR) is 122 cm³/mol. The summed E-state index contributed by atoms with van der Waals surface area (Å²) in [4.78, 5) is 12.9. The highest BCUT2D eigenvalue weighted by Crippen LogP contribution is 2.23. The van der Waals surface area contributed by atoms with Crippen LogP contribution in [-0.4, -0.2) is 15.7 Å². The van der Waals surface area contributed by atoms with Gasteiger partial charge >= 0.3 is 0 Å². The number of halogens is 3. The van der Waals surface area contributed by atoms with Crippen molar-refractivity contribution in [2.45, 2.75) is 27.0 Å². The Labute approximate surface area is 194 Å². The summed E-state index contributed by atoms with van der Waals surface area (Å²) >= 11 is 0. The topological polar surface area (TPSA) is 56.2 Å². The first-order valence-electron chi connectivity index (χ1n) is 10.6. The molecule has 1 N–H and O–H groups in total. The number of aryl methyl sites for hydroxylation is 1. The number of anilines is 1. The minimum atomic E-state index is -0.794. The smallest absolute Gasteiger partial charge is 0.255 e. The zero-order valence-electron chi connectivity index (χ0n) is 18.6. The summed E-state index contributed by atoms with van der Waals surface area (Å²) in [6.07, 6.45) is 0. The molecule has 0 saturated carbocycles. The number of benzene rings is 3. The van der Waals surface area contributed by atoms with Gasteiger partial charge in [0, 0.05) is 11.6 Å². The second kappa shape index (κ2) is 9.82. The molecule has 0 spiro atoms. The highest BCUT2D eigenvalue weighted by molar-refractivity contribution is 6.05. The fourth-order valence-electron chi connectivity index (χ4n) is 3.54. The van der Waals surface area contributed by atoms with Crippen LogP contribution in [0.15, 0.2) is 66.7 Å². The van der Waals surface area contributed by atoms with Crippen LogP contribution < -0.4 is 10.1 Å². The predicted octanol–water partition coefficient (Wildman–Crippen LogP) is 5.80. The minimum absolute atomic E-state index is 0.0112. The Morgan fingerprint density at radius 1 is 0.941 bits per heavy atom. The SMILES string of the molecule is Cc1nn(Cc2ccc(F)cc2)c(C)c1NC(=O)c1cccc(COc2ccc(F)cc2F)c1. The summed E-state index contributed by atoms with van der Waals surface area (Å²) in [6.45, 7) is 4.10. The van der Waals surface area contributed by atoms with Gasteiger partial charge in [-0.3, -0.25) is 9.48 Å². The molecule has 1 aromatic heterocycles. The molecule has 0 aliphatic rings. The van der Waals surface area contributed by atoms with Crippen molar-refractivity contribution in [3.63, 3.8) is 0 Å². The Kier molecular flexibility index (Phi) is 6.67. The van der Waals surface area contributed by atoms with Gasteiger partial charge in [0.05, 0.1) is 23.6 Å². The number of rotatable bonds is 7. The van der Waals surface area contributed by atoms with Crippen molar-refractivity contribution in [3.05, 3.63) is 112 Å². The monoisotopic (exact) mass is 465 g/mol. The molecule has 0 radical (unpaired) electrons.